The summed E-state index contributed by atoms with van der Waals surface area (Å²) in [6, 6.07) is 0. The van der Waals surface area contributed by atoms with Crippen molar-refractivity contribution in [3.8, 4) is 0 Å². The predicted octanol–water partition coefficient (Wildman–Crippen LogP) is 0.888. The second-order valence-electron chi connectivity index (χ2n) is 2.98. The van der Waals surface area contributed by atoms with Gasteiger partial charge in [0.2, 0.25) is 14.3 Å². The van der Waals surface area contributed by atoms with Crippen LogP contribution in [0.15, 0.2) is 16.1 Å². The summed E-state index contributed by atoms with van der Waals surface area (Å²) in [5.74, 6) is -0.0648. The molecule has 0 radical (unpaired) electrons. The minimum absolute atomic E-state index is 0.0648. The topological polar surface area (TPSA) is 55.7 Å². The van der Waals surface area contributed by atoms with E-state index in [4.69, 9.17) is 16.3 Å². The molecule has 1 saturated heterocycles. The van der Waals surface area contributed by atoms with E-state index in [0.29, 0.717) is 18.1 Å². The highest BCUT2D eigenvalue weighted by molar-refractivity contribution is 8.12. The lowest BCUT2D eigenvalue weighted by molar-refractivity contribution is 0.191. The summed E-state index contributed by atoms with van der Waals surface area (Å²) in [4.78, 5) is 3.89. The van der Waals surface area contributed by atoms with Crippen LogP contribution in [0.3, 0.4) is 0 Å². The number of halogens is 1. The monoisotopic (exact) mass is 221 g/mol. The molecule has 0 aromatic rings. The molecule has 2 rings (SSSR count). The zero-order chi connectivity index (χ0) is 9.47. The number of hydrogen-bond donors (Lipinski definition) is 0. The van der Waals surface area contributed by atoms with Crippen molar-refractivity contribution in [1.29, 1.82) is 0 Å². The smallest absolute Gasteiger partial charge is 0.232 e. The minimum atomic E-state index is -3.45. The fourth-order valence-electron chi connectivity index (χ4n) is 1.43. The Labute approximate surface area is 81.2 Å². The lowest BCUT2D eigenvalue weighted by Gasteiger charge is -2.06. The van der Waals surface area contributed by atoms with Gasteiger partial charge in [-0.1, -0.05) is 0 Å². The van der Waals surface area contributed by atoms with Gasteiger partial charge in [-0.2, -0.15) is 0 Å². The molecule has 1 fully saturated rings. The van der Waals surface area contributed by atoms with Crippen LogP contribution in [0.4, 0.5) is 0 Å². The van der Waals surface area contributed by atoms with Gasteiger partial charge in [0.15, 0.2) is 0 Å². The summed E-state index contributed by atoms with van der Waals surface area (Å²) < 4.78 is 27.8. The van der Waals surface area contributed by atoms with E-state index in [2.05, 4.69) is 4.99 Å². The molecule has 0 spiro atoms. The van der Waals surface area contributed by atoms with Crippen molar-refractivity contribution in [3.05, 3.63) is 11.1 Å². The summed E-state index contributed by atoms with van der Waals surface area (Å²) >= 11 is 5.45. The summed E-state index contributed by atoms with van der Waals surface area (Å²) in [5.41, 5.74) is 0. The van der Waals surface area contributed by atoms with Gasteiger partial charge in [0, 0.05) is 18.7 Å². The Morgan fingerprint density at radius 2 is 2.38 bits per heavy atom. The maximum Gasteiger partial charge on any atom is 0.232 e. The molecule has 0 bridgehead atoms. The molecule has 0 amide bonds. The van der Waals surface area contributed by atoms with E-state index < -0.39 is 9.84 Å². The zero-order valence-corrected chi connectivity index (χ0v) is 8.31. The second kappa shape index (κ2) is 3.08. The van der Waals surface area contributed by atoms with Gasteiger partial charge >= 0.3 is 0 Å². The Hall–Kier alpha value is -0.390. The third-order valence-corrected chi connectivity index (χ3v) is 4.47. The highest BCUT2D eigenvalue weighted by atomic mass is 35.5. The molecule has 4 nitrogen and oxygen atoms in total. The minimum Gasteiger partial charge on any atom is -0.381 e. The lowest BCUT2D eigenvalue weighted by atomic mass is 10.1. The van der Waals surface area contributed by atoms with E-state index in [-0.39, 0.29) is 10.4 Å². The third-order valence-electron chi connectivity index (χ3n) is 2.16. The van der Waals surface area contributed by atoms with Crippen LogP contribution in [-0.2, 0) is 14.6 Å². The molecule has 0 aliphatic carbocycles. The molecule has 2 aliphatic rings. The van der Waals surface area contributed by atoms with E-state index in [1.807, 2.05) is 0 Å². The summed E-state index contributed by atoms with van der Waals surface area (Å²) in [6.07, 6.45) is 2.06. The average molecular weight is 222 g/mol. The molecule has 0 saturated carbocycles. The van der Waals surface area contributed by atoms with Gasteiger partial charge in [-0.3, -0.25) is 0 Å². The van der Waals surface area contributed by atoms with Gasteiger partial charge in [0.05, 0.1) is 11.5 Å². The second-order valence-corrected chi connectivity index (χ2v) is 5.42. The quantitative estimate of drug-likeness (QED) is 0.661. The molecule has 72 valence electrons. The molecule has 1 unspecified atom stereocenters. The van der Waals surface area contributed by atoms with E-state index in [1.165, 1.54) is 6.20 Å². The third kappa shape index (κ3) is 1.41. The van der Waals surface area contributed by atoms with Crippen molar-refractivity contribution in [2.45, 2.75) is 6.42 Å². The maximum absolute atomic E-state index is 11.5. The number of ether oxygens (including phenoxy) is 1. The Kier molecular flexibility index (Phi) is 2.17. The number of aliphatic imine (C=N–C) groups is 1. The maximum atomic E-state index is 11.5. The normalized spacial score (nSPS) is 31.6. The van der Waals surface area contributed by atoms with Crippen LogP contribution >= 0.6 is 11.6 Å². The molecule has 0 N–H and O–H groups in total. The van der Waals surface area contributed by atoms with E-state index in [9.17, 15) is 8.42 Å². The van der Waals surface area contributed by atoms with Gasteiger partial charge in [-0.05, 0) is 18.0 Å². The van der Waals surface area contributed by atoms with Gasteiger partial charge < -0.3 is 4.74 Å². The van der Waals surface area contributed by atoms with Crippen molar-refractivity contribution >= 4 is 25.9 Å². The van der Waals surface area contributed by atoms with Crippen LogP contribution < -0.4 is 0 Å². The largest absolute Gasteiger partial charge is 0.381 e. The summed E-state index contributed by atoms with van der Waals surface area (Å²) in [7, 11) is -3.45. The predicted molar refractivity (Wildman–Crippen MR) is 49.2 cm³/mol. The Bertz CT molecular complexity index is 379. The Balaban J connectivity index is 2.29. The summed E-state index contributed by atoms with van der Waals surface area (Å²) in [6.45, 7) is 1.06. The molecule has 2 aliphatic heterocycles. The van der Waals surface area contributed by atoms with Crippen molar-refractivity contribution in [2.75, 3.05) is 13.2 Å². The number of sulfone groups is 1. The van der Waals surface area contributed by atoms with E-state index in [0.717, 1.165) is 6.42 Å². The van der Waals surface area contributed by atoms with E-state index in [1.54, 1.807) is 0 Å². The molecular formula is C7H8ClNO3S. The SMILES string of the molecule is O=S1(=O)C(C2CCOC2)=CN=C1Cl. The average Bonchev–Trinajstić information content (AvgIpc) is 2.62. The first kappa shape index (κ1) is 9.18. The first-order valence-electron chi connectivity index (χ1n) is 3.88. The Morgan fingerprint density at radius 1 is 1.62 bits per heavy atom. The van der Waals surface area contributed by atoms with Gasteiger partial charge in [0.1, 0.15) is 0 Å². The van der Waals surface area contributed by atoms with Crippen molar-refractivity contribution in [2.24, 2.45) is 10.9 Å². The van der Waals surface area contributed by atoms with Crippen LogP contribution in [0.2, 0.25) is 0 Å². The van der Waals surface area contributed by atoms with Crippen molar-refractivity contribution < 1.29 is 13.2 Å². The van der Waals surface area contributed by atoms with Crippen LogP contribution in [0, 0.1) is 5.92 Å². The lowest BCUT2D eigenvalue weighted by Crippen LogP contribution is -2.15. The number of nitrogens with zero attached hydrogens (tertiary/aromatic N) is 1. The van der Waals surface area contributed by atoms with Crippen LogP contribution in [-0.4, -0.2) is 26.1 Å². The summed E-state index contributed by atoms with van der Waals surface area (Å²) in [5, 5.41) is 0. The molecule has 6 heteroatoms. The highest BCUT2D eigenvalue weighted by Crippen LogP contribution is 2.31. The van der Waals surface area contributed by atoms with Crippen LogP contribution in [0.25, 0.3) is 0 Å². The molecule has 0 aromatic heterocycles. The first-order valence-corrected chi connectivity index (χ1v) is 5.74. The fourth-order valence-corrected chi connectivity index (χ4v) is 2.95. The first-order chi connectivity index (χ1) is 6.12. The molecular weight excluding hydrogens is 214 g/mol. The van der Waals surface area contributed by atoms with Crippen LogP contribution in [0.5, 0.6) is 0 Å². The van der Waals surface area contributed by atoms with Crippen molar-refractivity contribution in [1.82, 2.24) is 0 Å². The van der Waals surface area contributed by atoms with Gasteiger partial charge in [0.25, 0.3) is 0 Å². The molecule has 0 aromatic carbocycles. The molecule has 1 atom stereocenters. The molecule has 2 heterocycles. The fraction of sp³-hybridized carbons (Fsp3) is 0.571. The zero-order valence-electron chi connectivity index (χ0n) is 6.73. The highest BCUT2D eigenvalue weighted by Gasteiger charge is 2.35. The standard InChI is InChI=1S/C7H8ClNO3S/c8-7-9-3-6(13(7,10)11)5-1-2-12-4-5/h3,5H,1-2,4H2. The van der Waals surface area contributed by atoms with Crippen molar-refractivity contribution in [3.63, 3.8) is 0 Å². The van der Waals surface area contributed by atoms with E-state index >= 15 is 0 Å². The number of hydrogen-bond acceptors (Lipinski definition) is 4. The van der Waals surface area contributed by atoms with Gasteiger partial charge in [-0.15, -0.1) is 0 Å². The molecule has 13 heavy (non-hydrogen) atoms. The number of rotatable bonds is 1. The van der Waals surface area contributed by atoms with Crippen LogP contribution in [0.1, 0.15) is 6.42 Å². The Morgan fingerprint density at radius 3 is 2.85 bits per heavy atom. The van der Waals surface area contributed by atoms with Gasteiger partial charge in [-0.25, -0.2) is 13.4 Å².